The SMILES string of the molecule is CC(Cc1ccc(Br)cc1)NCC1(C(C)C)CC1. The molecular weight excluding hydrogens is 286 g/mol. The van der Waals surface area contributed by atoms with Crippen molar-refractivity contribution in [1.82, 2.24) is 5.32 Å². The minimum absolute atomic E-state index is 0.558. The summed E-state index contributed by atoms with van der Waals surface area (Å²) >= 11 is 3.48. The van der Waals surface area contributed by atoms with Gasteiger partial charge in [0, 0.05) is 17.1 Å². The average Bonchev–Trinajstić information content (AvgIpc) is 3.11. The lowest BCUT2D eigenvalue weighted by atomic mass is 9.92. The minimum Gasteiger partial charge on any atom is -0.313 e. The third-order valence-corrected chi connectivity index (χ3v) is 4.90. The molecule has 0 spiro atoms. The summed E-state index contributed by atoms with van der Waals surface area (Å²) in [6.07, 6.45) is 3.92. The van der Waals surface area contributed by atoms with Gasteiger partial charge in [-0.05, 0) is 55.2 Å². The molecule has 0 heterocycles. The molecule has 1 atom stereocenters. The van der Waals surface area contributed by atoms with Gasteiger partial charge in [0.25, 0.3) is 0 Å². The van der Waals surface area contributed by atoms with E-state index < -0.39 is 0 Å². The lowest BCUT2D eigenvalue weighted by molar-refractivity contribution is 0.323. The number of nitrogens with one attached hydrogen (secondary N) is 1. The van der Waals surface area contributed by atoms with E-state index in [0.29, 0.717) is 11.5 Å². The molecule has 1 nitrogen and oxygen atoms in total. The summed E-state index contributed by atoms with van der Waals surface area (Å²) in [5.74, 6) is 0.810. The molecule has 0 amide bonds. The largest absolute Gasteiger partial charge is 0.313 e. The normalized spacial score (nSPS) is 18.9. The highest BCUT2D eigenvalue weighted by Gasteiger charge is 2.44. The Balaban J connectivity index is 1.79. The zero-order valence-corrected chi connectivity index (χ0v) is 13.3. The van der Waals surface area contributed by atoms with Gasteiger partial charge in [0.05, 0.1) is 0 Å². The van der Waals surface area contributed by atoms with Gasteiger partial charge in [0.15, 0.2) is 0 Å². The molecular formula is C16H24BrN. The highest BCUT2D eigenvalue weighted by molar-refractivity contribution is 9.10. The van der Waals surface area contributed by atoms with E-state index in [0.717, 1.165) is 16.8 Å². The minimum atomic E-state index is 0.558. The number of hydrogen-bond acceptors (Lipinski definition) is 1. The van der Waals surface area contributed by atoms with E-state index >= 15 is 0 Å². The molecule has 0 radical (unpaired) electrons. The summed E-state index contributed by atoms with van der Waals surface area (Å²) in [7, 11) is 0. The van der Waals surface area contributed by atoms with E-state index in [1.165, 1.54) is 24.9 Å². The van der Waals surface area contributed by atoms with Crippen molar-refractivity contribution in [2.45, 2.75) is 46.1 Å². The summed E-state index contributed by atoms with van der Waals surface area (Å²) < 4.78 is 1.16. The molecule has 1 unspecified atom stereocenters. The van der Waals surface area contributed by atoms with Crippen LogP contribution in [-0.2, 0) is 6.42 Å². The summed E-state index contributed by atoms with van der Waals surface area (Å²) in [6, 6.07) is 9.22. The van der Waals surface area contributed by atoms with E-state index in [9.17, 15) is 0 Å². The zero-order chi connectivity index (χ0) is 13.2. The monoisotopic (exact) mass is 309 g/mol. The van der Waals surface area contributed by atoms with Crippen LogP contribution in [-0.4, -0.2) is 12.6 Å². The molecule has 1 saturated carbocycles. The molecule has 1 aromatic carbocycles. The van der Waals surface area contributed by atoms with Crippen LogP contribution in [0.5, 0.6) is 0 Å². The molecule has 1 aliphatic rings. The molecule has 100 valence electrons. The fourth-order valence-corrected chi connectivity index (χ4v) is 2.81. The van der Waals surface area contributed by atoms with Gasteiger partial charge in [-0.3, -0.25) is 0 Å². The number of hydrogen-bond donors (Lipinski definition) is 1. The van der Waals surface area contributed by atoms with Crippen molar-refractivity contribution >= 4 is 15.9 Å². The lowest BCUT2D eigenvalue weighted by Crippen LogP contribution is -2.35. The van der Waals surface area contributed by atoms with E-state index in [4.69, 9.17) is 0 Å². The molecule has 1 aromatic rings. The third-order valence-electron chi connectivity index (χ3n) is 4.37. The Morgan fingerprint density at radius 3 is 2.28 bits per heavy atom. The topological polar surface area (TPSA) is 12.0 Å². The van der Waals surface area contributed by atoms with Gasteiger partial charge in [-0.2, -0.15) is 0 Å². The van der Waals surface area contributed by atoms with Crippen molar-refractivity contribution in [3.05, 3.63) is 34.3 Å². The van der Waals surface area contributed by atoms with Crippen LogP contribution < -0.4 is 5.32 Å². The zero-order valence-electron chi connectivity index (χ0n) is 11.7. The Morgan fingerprint density at radius 2 is 1.78 bits per heavy atom. The van der Waals surface area contributed by atoms with Crippen molar-refractivity contribution in [2.24, 2.45) is 11.3 Å². The quantitative estimate of drug-likeness (QED) is 0.821. The molecule has 0 aliphatic heterocycles. The fourth-order valence-electron chi connectivity index (χ4n) is 2.54. The predicted octanol–water partition coefficient (Wildman–Crippen LogP) is 4.41. The first-order chi connectivity index (χ1) is 8.52. The Hall–Kier alpha value is -0.340. The van der Waals surface area contributed by atoms with Crippen LogP contribution in [0.3, 0.4) is 0 Å². The summed E-state index contributed by atoms with van der Waals surface area (Å²) in [5, 5.41) is 3.72. The molecule has 1 N–H and O–H groups in total. The molecule has 2 rings (SSSR count). The van der Waals surface area contributed by atoms with Gasteiger partial charge in [-0.1, -0.05) is 41.9 Å². The van der Waals surface area contributed by atoms with E-state index in [1.54, 1.807) is 0 Å². The molecule has 0 aromatic heterocycles. The summed E-state index contributed by atoms with van der Waals surface area (Å²) in [5.41, 5.74) is 2.01. The third kappa shape index (κ3) is 3.58. The van der Waals surface area contributed by atoms with Crippen LogP contribution in [0.2, 0.25) is 0 Å². The Kier molecular flexibility index (Phi) is 4.50. The maximum Gasteiger partial charge on any atom is 0.0175 e. The molecule has 1 fully saturated rings. The van der Waals surface area contributed by atoms with Crippen molar-refractivity contribution < 1.29 is 0 Å². The molecule has 1 aliphatic carbocycles. The van der Waals surface area contributed by atoms with Crippen LogP contribution in [0.1, 0.15) is 39.2 Å². The second-order valence-corrected chi connectivity index (χ2v) is 7.05. The molecule has 18 heavy (non-hydrogen) atoms. The Bertz CT molecular complexity index is 379. The first kappa shape index (κ1) is 14.1. The van der Waals surface area contributed by atoms with Crippen LogP contribution >= 0.6 is 15.9 Å². The smallest absolute Gasteiger partial charge is 0.0175 e. The van der Waals surface area contributed by atoms with E-state index in [-0.39, 0.29) is 0 Å². The Labute approximate surface area is 119 Å². The van der Waals surface area contributed by atoms with E-state index in [1.807, 2.05) is 0 Å². The summed E-state index contributed by atoms with van der Waals surface area (Å²) in [4.78, 5) is 0. The average molecular weight is 310 g/mol. The highest BCUT2D eigenvalue weighted by atomic mass is 79.9. The van der Waals surface area contributed by atoms with Crippen molar-refractivity contribution in [3.8, 4) is 0 Å². The van der Waals surface area contributed by atoms with Crippen molar-refractivity contribution in [3.63, 3.8) is 0 Å². The van der Waals surface area contributed by atoms with Crippen LogP contribution in [0, 0.1) is 11.3 Å². The second-order valence-electron chi connectivity index (χ2n) is 6.13. The lowest BCUT2D eigenvalue weighted by Gasteiger charge is -2.23. The second kappa shape index (κ2) is 5.75. The maximum absolute atomic E-state index is 3.72. The van der Waals surface area contributed by atoms with Gasteiger partial charge < -0.3 is 5.32 Å². The summed E-state index contributed by atoms with van der Waals surface area (Å²) in [6.45, 7) is 8.18. The van der Waals surface area contributed by atoms with Gasteiger partial charge in [-0.25, -0.2) is 0 Å². The molecule has 2 heteroatoms. The number of halogens is 1. The molecule has 0 saturated heterocycles. The van der Waals surface area contributed by atoms with Gasteiger partial charge in [-0.15, -0.1) is 0 Å². The standard InChI is InChI=1S/C16H24BrN/c1-12(2)16(8-9-16)11-18-13(3)10-14-4-6-15(17)7-5-14/h4-7,12-13,18H,8-11H2,1-3H3. The number of rotatable bonds is 6. The van der Waals surface area contributed by atoms with Crippen molar-refractivity contribution in [2.75, 3.05) is 6.54 Å². The van der Waals surface area contributed by atoms with E-state index in [2.05, 4.69) is 66.3 Å². The van der Waals surface area contributed by atoms with Crippen LogP contribution in [0.15, 0.2) is 28.7 Å². The highest BCUT2D eigenvalue weighted by Crippen LogP contribution is 2.51. The first-order valence-electron chi connectivity index (χ1n) is 7.00. The number of benzene rings is 1. The predicted molar refractivity (Wildman–Crippen MR) is 81.8 cm³/mol. The van der Waals surface area contributed by atoms with Gasteiger partial charge in [0.2, 0.25) is 0 Å². The van der Waals surface area contributed by atoms with Gasteiger partial charge >= 0.3 is 0 Å². The van der Waals surface area contributed by atoms with Crippen LogP contribution in [0.4, 0.5) is 0 Å². The fraction of sp³-hybridized carbons (Fsp3) is 0.625. The van der Waals surface area contributed by atoms with Crippen LogP contribution in [0.25, 0.3) is 0 Å². The first-order valence-corrected chi connectivity index (χ1v) is 7.79. The maximum atomic E-state index is 3.72. The molecule has 0 bridgehead atoms. The van der Waals surface area contributed by atoms with Gasteiger partial charge in [0.1, 0.15) is 0 Å². The van der Waals surface area contributed by atoms with Crippen molar-refractivity contribution in [1.29, 1.82) is 0 Å². The Morgan fingerprint density at radius 1 is 1.17 bits per heavy atom.